The molecule has 52 heavy (non-hydrogen) atoms. The van der Waals surface area contributed by atoms with Crippen LogP contribution in [0.15, 0.2) is 158 Å². The Morgan fingerprint density at radius 2 is 1.02 bits per heavy atom. The summed E-state index contributed by atoms with van der Waals surface area (Å²) in [5.74, 6) is 0. The van der Waals surface area contributed by atoms with Gasteiger partial charge >= 0.3 is 6.85 Å². The zero-order chi connectivity index (χ0) is 33.7. The lowest BCUT2D eigenvalue weighted by Crippen LogP contribution is -2.55. The number of fused-ring (bicyclic) bond motifs is 14. The first-order chi connectivity index (χ1) is 25.8. The SMILES string of the molecule is c1ccc(N(c2ccccc2)c2cc3c4c(c2)-n2c5c(cccc5c5sc6ccccc6c52)B4n2c4c-3cccc4c3sc4ccccc4c32)cc1. The summed E-state index contributed by atoms with van der Waals surface area (Å²) in [4.78, 5) is 2.43. The molecule has 3 nitrogen and oxygen atoms in total. The van der Waals surface area contributed by atoms with Gasteiger partial charge in [0.25, 0.3) is 0 Å². The zero-order valence-corrected chi connectivity index (χ0v) is 29.4. The topological polar surface area (TPSA) is 13.1 Å². The Labute approximate surface area is 306 Å². The van der Waals surface area contributed by atoms with E-state index in [1.165, 1.54) is 90.2 Å². The molecular formula is C46H26BN3S2. The van der Waals surface area contributed by atoms with Crippen molar-refractivity contribution in [2.75, 3.05) is 4.90 Å². The first-order valence-electron chi connectivity index (χ1n) is 17.8. The van der Waals surface area contributed by atoms with Crippen molar-refractivity contribution >= 4 is 120 Å². The molecule has 0 unspecified atom stereocenters. The number of anilines is 3. The molecule has 240 valence electrons. The second-order valence-electron chi connectivity index (χ2n) is 14.0. The summed E-state index contributed by atoms with van der Waals surface area (Å²) in [5.41, 5.74) is 15.4. The fourth-order valence-corrected chi connectivity index (χ4v) is 11.9. The van der Waals surface area contributed by atoms with Gasteiger partial charge in [0, 0.05) is 64.8 Å². The number of hydrogen-bond acceptors (Lipinski definition) is 3. The lowest BCUT2D eigenvalue weighted by molar-refractivity contribution is 1.17. The van der Waals surface area contributed by atoms with Gasteiger partial charge < -0.3 is 13.9 Å². The van der Waals surface area contributed by atoms with E-state index in [0.717, 1.165) is 17.1 Å². The standard InChI is InChI=1S/C46H26BN3S2/c1-3-13-27(14-4-1)48(28-15-5-2-6-16-28)29-25-35-30-19-11-20-33-41(30)50(44-32-18-8-10-24-39(32)52-46(33)44)47-36-22-12-21-34-42(36)49(37(26-29)40(35)47)43-31-17-7-9-23-38(31)51-45(34)43/h1-26H. The van der Waals surface area contributed by atoms with Crippen molar-refractivity contribution in [1.29, 1.82) is 0 Å². The van der Waals surface area contributed by atoms with Crippen LogP contribution in [0.5, 0.6) is 0 Å². The number of hydrogen-bond donors (Lipinski definition) is 0. The second kappa shape index (κ2) is 9.83. The molecule has 2 aliphatic rings. The van der Waals surface area contributed by atoms with E-state index in [-0.39, 0.29) is 6.85 Å². The van der Waals surface area contributed by atoms with Crippen LogP contribution in [-0.4, -0.2) is 15.9 Å². The number of benzene rings is 7. The van der Waals surface area contributed by atoms with Gasteiger partial charge in [-0.25, -0.2) is 0 Å². The molecule has 0 N–H and O–H groups in total. The van der Waals surface area contributed by atoms with Crippen LogP contribution in [0.4, 0.5) is 17.1 Å². The quantitative estimate of drug-likeness (QED) is 0.168. The molecule has 6 heteroatoms. The van der Waals surface area contributed by atoms with Crippen LogP contribution in [0.2, 0.25) is 0 Å². The molecule has 2 aliphatic heterocycles. The highest BCUT2D eigenvalue weighted by Gasteiger charge is 2.43. The monoisotopic (exact) mass is 695 g/mol. The average molecular weight is 696 g/mol. The first kappa shape index (κ1) is 27.6. The maximum atomic E-state index is 2.72. The number of aromatic nitrogens is 2. The summed E-state index contributed by atoms with van der Waals surface area (Å²) in [6, 6.07) is 58.5. The van der Waals surface area contributed by atoms with E-state index in [2.05, 4.69) is 172 Å². The van der Waals surface area contributed by atoms with E-state index in [9.17, 15) is 0 Å². The Bertz CT molecular complexity index is 3270. The Kier molecular flexibility index (Phi) is 5.22. The normalized spacial score (nSPS) is 13.0. The van der Waals surface area contributed by atoms with E-state index >= 15 is 0 Å². The zero-order valence-electron chi connectivity index (χ0n) is 27.7. The van der Waals surface area contributed by atoms with Crippen molar-refractivity contribution in [2.45, 2.75) is 0 Å². The number of para-hydroxylation sites is 4. The van der Waals surface area contributed by atoms with Crippen LogP contribution >= 0.6 is 22.7 Å². The van der Waals surface area contributed by atoms with Gasteiger partial charge in [-0.3, -0.25) is 0 Å². The minimum Gasteiger partial charge on any atom is -0.374 e. The number of rotatable bonds is 3. The molecule has 0 amide bonds. The number of nitrogens with zero attached hydrogens (tertiary/aromatic N) is 3. The van der Waals surface area contributed by atoms with Gasteiger partial charge in [0.05, 0.1) is 25.9 Å². The second-order valence-corrected chi connectivity index (χ2v) is 16.1. The molecule has 4 aromatic heterocycles. The lowest BCUT2D eigenvalue weighted by Gasteiger charge is -2.36. The molecule has 6 heterocycles. The molecule has 0 spiro atoms. The minimum atomic E-state index is 0.0281. The van der Waals surface area contributed by atoms with Crippen LogP contribution in [0.1, 0.15) is 0 Å². The van der Waals surface area contributed by atoms with Gasteiger partial charge in [-0.05, 0) is 65.0 Å². The van der Waals surface area contributed by atoms with Crippen LogP contribution < -0.4 is 15.8 Å². The van der Waals surface area contributed by atoms with Gasteiger partial charge in [-0.15, -0.1) is 22.7 Å². The molecule has 0 saturated carbocycles. The van der Waals surface area contributed by atoms with Crippen molar-refractivity contribution < 1.29 is 0 Å². The maximum Gasteiger partial charge on any atom is 0.333 e. The third-order valence-electron chi connectivity index (χ3n) is 11.4. The van der Waals surface area contributed by atoms with Crippen LogP contribution in [0, 0.1) is 0 Å². The highest BCUT2D eigenvalue weighted by Crippen LogP contribution is 2.50. The molecule has 0 atom stereocenters. The summed E-state index contributed by atoms with van der Waals surface area (Å²) in [5, 5.41) is 5.33. The largest absolute Gasteiger partial charge is 0.374 e. The maximum absolute atomic E-state index is 2.72. The molecule has 0 saturated heterocycles. The summed E-state index contributed by atoms with van der Waals surface area (Å²) in [6.45, 7) is 0.0281. The van der Waals surface area contributed by atoms with Crippen LogP contribution in [-0.2, 0) is 0 Å². The highest BCUT2D eigenvalue weighted by atomic mass is 32.1. The fraction of sp³-hybridized carbons (Fsp3) is 0. The molecular weight excluding hydrogens is 669 g/mol. The van der Waals surface area contributed by atoms with E-state index in [1.54, 1.807) is 0 Å². The van der Waals surface area contributed by atoms with Crippen LogP contribution in [0.3, 0.4) is 0 Å². The third-order valence-corrected chi connectivity index (χ3v) is 13.8. The summed E-state index contributed by atoms with van der Waals surface area (Å²) in [6.07, 6.45) is 0. The van der Waals surface area contributed by atoms with E-state index in [4.69, 9.17) is 0 Å². The fourth-order valence-electron chi connectivity index (χ4n) is 9.50. The highest BCUT2D eigenvalue weighted by molar-refractivity contribution is 7.27. The molecule has 13 rings (SSSR count). The van der Waals surface area contributed by atoms with Gasteiger partial charge in [0.1, 0.15) is 0 Å². The van der Waals surface area contributed by atoms with E-state index < -0.39 is 0 Å². The minimum absolute atomic E-state index is 0.0281. The third kappa shape index (κ3) is 3.33. The molecule has 0 aliphatic carbocycles. The Balaban J connectivity index is 1.26. The predicted molar refractivity (Wildman–Crippen MR) is 225 cm³/mol. The van der Waals surface area contributed by atoms with Gasteiger partial charge in [-0.1, -0.05) is 109 Å². The van der Waals surface area contributed by atoms with Gasteiger partial charge in [-0.2, -0.15) is 0 Å². The van der Waals surface area contributed by atoms with Gasteiger partial charge in [0.2, 0.25) is 0 Å². The number of thiophene rings is 2. The Hall–Kier alpha value is -6.08. The molecule has 0 radical (unpaired) electrons. The van der Waals surface area contributed by atoms with Crippen molar-refractivity contribution in [2.24, 2.45) is 0 Å². The van der Waals surface area contributed by atoms with Crippen molar-refractivity contribution in [1.82, 2.24) is 9.05 Å². The van der Waals surface area contributed by atoms with Crippen molar-refractivity contribution in [3.8, 4) is 16.8 Å². The Morgan fingerprint density at radius 1 is 0.442 bits per heavy atom. The smallest absolute Gasteiger partial charge is 0.333 e. The van der Waals surface area contributed by atoms with Crippen molar-refractivity contribution in [3.63, 3.8) is 0 Å². The van der Waals surface area contributed by atoms with E-state index in [0.29, 0.717) is 0 Å². The predicted octanol–water partition coefficient (Wildman–Crippen LogP) is 11.7. The summed E-state index contributed by atoms with van der Waals surface area (Å²) in [7, 11) is 0. The lowest BCUT2D eigenvalue weighted by atomic mass is 9.45. The van der Waals surface area contributed by atoms with Crippen LogP contribution in [0.25, 0.3) is 79.2 Å². The average Bonchev–Trinajstić information content (AvgIpc) is 3.94. The van der Waals surface area contributed by atoms with Crippen molar-refractivity contribution in [3.05, 3.63) is 158 Å². The molecule has 7 aromatic carbocycles. The first-order valence-corrected chi connectivity index (χ1v) is 19.4. The molecule has 11 aromatic rings. The molecule has 0 bridgehead atoms. The summed E-state index contributed by atoms with van der Waals surface area (Å²) >= 11 is 3.86. The summed E-state index contributed by atoms with van der Waals surface area (Å²) < 4.78 is 10.8. The van der Waals surface area contributed by atoms with Gasteiger partial charge in [0.15, 0.2) is 0 Å². The Morgan fingerprint density at radius 3 is 1.73 bits per heavy atom. The van der Waals surface area contributed by atoms with E-state index in [1.807, 2.05) is 22.7 Å². The molecule has 0 fully saturated rings.